The SMILES string of the molecule is N#CCCCCCN.O. The molecular formula is C6H14N2O. The zero-order valence-corrected chi connectivity index (χ0v) is 5.56. The third-order valence-electron chi connectivity index (χ3n) is 0.993. The van der Waals surface area contributed by atoms with Crippen LogP contribution in [0.1, 0.15) is 25.7 Å². The van der Waals surface area contributed by atoms with Crippen molar-refractivity contribution in [2.75, 3.05) is 6.54 Å². The first-order valence-electron chi connectivity index (χ1n) is 2.99. The first kappa shape index (κ1) is 11.2. The van der Waals surface area contributed by atoms with Crippen molar-refractivity contribution in [1.29, 1.82) is 5.26 Å². The molecule has 0 aromatic heterocycles. The molecular weight excluding hydrogens is 116 g/mol. The van der Waals surface area contributed by atoms with Gasteiger partial charge >= 0.3 is 0 Å². The molecule has 0 aliphatic heterocycles. The molecule has 0 spiro atoms. The second-order valence-electron chi connectivity index (χ2n) is 1.76. The van der Waals surface area contributed by atoms with Gasteiger partial charge in [0.25, 0.3) is 0 Å². The summed E-state index contributed by atoms with van der Waals surface area (Å²) in [6.45, 7) is 0.755. The van der Waals surface area contributed by atoms with Crippen molar-refractivity contribution in [3.63, 3.8) is 0 Å². The first-order chi connectivity index (χ1) is 3.91. The fourth-order valence-corrected chi connectivity index (χ4v) is 0.525. The van der Waals surface area contributed by atoms with Crippen LogP contribution in [0.3, 0.4) is 0 Å². The molecule has 54 valence electrons. The molecule has 0 amide bonds. The smallest absolute Gasteiger partial charge is 0.0621 e. The molecule has 0 aliphatic rings. The average Bonchev–Trinajstić information content (AvgIpc) is 1.81. The molecule has 3 nitrogen and oxygen atoms in total. The number of hydrogen-bond donors (Lipinski definition) is 1. The van der Waals surface area contributed by atoms with E-state index in [1.807, 2.05) is 0 Å². The van der Waals surface area contributed by atoms with Crippen molar-refractivity contribution < 1.29 is 5.48 Å². The monoisotopic (exact) mass is 130 g/mol. The molecule has 0 radical (unpaired) electrons. The summed E-state index contributed by atoms with van der Waals surface area (Å²) in [6.07, 6.45) is 3.85. The van der Waals surface area contributed by atoms with E-state index < -0.39 is 0 Å². The van der Waals surface area contributed by atoms with E-state index in [0.29, 0.717) is 6.42 Å². The minimum atomic E-state index is 0. The number of nitrogens with two attached hydrogens (primary N) is 1. The Labute approximate surface area is 55.8 Å². The van der Waals surface area contributed by atoms with Crippen LogP contribution in [0.2, 0.25) is 0 Å². The highest BCUT2D eigenvalue weighted by atomic mass is 16.0. The van der Waals surface area contributed by atoms with Crippen LogP contribution in [0, 0.1) is 11.3 Å². The Morgan fingerprint density at radius 3 is 2.33 bits per heavy atom. The van der Waals surface area contributed by atoms with Gasteiger partial charge in [0.05, 0.1) is 6.07 Å². The normalized spacial score (nSPS) is 7.56. The average molecular weight is 130 g/mol. The second kappa shape index (κ2) is 10.4. The van der Waals surface area contributed by atoms with Gasteiger partial charge in [-0.25, -0.2) is 0 Å². The van der Waals surface area contributed by atoms with Crippen molar-refractivity contribution >= 4 is 0 Å². The van der Waals surface area contributed by atoms with E-state index >= 15 is 0 Å². The number of nitriles is 1. The Hall–Kier alpha value is -0.590. The molecule has 0 aliphatic carbocycles. The number of nitrogens with zero attached hydrogens (tertiary/aromatic N) is 1. The molecule has 0 unspecified atom stereocenters. The molecule has 0 saturated carbocycles. The van der Waals surface area contributed by atoms with Gasteiger partial charge in [-0.15, -0.1) is 0 Å². The number of hydrogen-bond acceptors (Lipinski definition) is 2. The van der Waals surface area contributed by atoms with Crippen molar-refractivity contribution in [1.82, 2.24) is 0 Å². The largest absolute Gasteiger partial charge is 0.412 e. The van der Waals surface area contributed by atoms with Gasteiger partial charge in [0, 0.05) is 6.42 Å². The van der Waals surface area contributed by atoms with E-state index in [0.717, 1.165) is 25.8 Å². The van der Waals surface area contributed by atoms with Gasteiger partial charge in [-0.05, 0) is 19.4 Å². The lowest BCUT2D eigenvalue weighted by Crippen LogP contribution is -1.97. The fraction of sp³-hybridized carbons (Fsp3) is 0.833. The molecule has 9 heavy (non-hydrogen) atoms. The molecule has 0 aromatic carbocycles. The summed E-state index contributed by atoms with van der Waals surface area (Å²) in [6, 6.07) is 2.09. The summed E-state index contributed by atoms with van der Waals surface area (Å²) >= 11 is 0. The van der Waals surface area contributed by atoms with E-state index in [2.05, 4.69) is 6.07 Å². The third-order valence-corrected chi connectivity index (χ3v) is 0.993. The summed E-state index contributed by atoms with van der Waals surface area (Å²) < 4.78 is 0. The lowest BCUT2D eigenvalue weighted by molar-refractivity contribution is 0.699. The van der Waals surface area contributed by atoms with Crippen LogP contribution in [0.15, 0.2) is 0 Å². The number of unbranched alkanes of at least 4 members (excludes halogenated alkanes) is 3. The summed E-state index contributed by atoms with van der Waals surface area (Å²) in [4.78, 5) is 0. The Balaban J connectivity index is 0. The second-order valence-corrected chi connectivity index (χ2v) is 1.76. The molecule has 0 atom stereocenters. The fourth-order valence-electron chi connectivity index (χ4n) is 0.525. The predicted molar refractivity (Wildman–Crippen MR) is 36.7 cm³/mol. The lowest BCUT2D eigenvalue weighted by Gasteiger charge is -1.89. The standard InChI is InChI=1S/C6H12N2.H2O/c7-5-3-1-2-4-6-8;/h1-5,7H2;1H2. The topological polar surface area (TPSA) is 81.3 Å². The quantitative estimate of drug-likeness (QED) is 0.551. The Morgan fingerprint density at radius 1 is 1.22 bits per heavy atom. The summed E-state index contributed by atoms with van der Waals surface area (Å²) in [5, 5.41) is 8.08. The maximum absolute atomic E-state index is 8.08. The Bertz CT molecular complexity index is 77.6. The molecule has 0 rings (SSSR count). The van der Waals surface area contributed by atoms with Crippen LogP contribution in [0.5, 0.6) is 0 Å². The zero-order valence-electron chi connectivity index (χ0n) is 5.56. The van der Waals surface area contributed by atoms with E-state index in [-0.39, 0.29) is 5.48 Å². The van der Waals surface area contributed by atoms with Crippen LogP contribution in [-0.4, -0.2) is 12.0 Å². The highest BCUT2D eigenvalue weighted by molar-refractivity contribution is 4.67. The highest BCUT2D eigenvalue weighted by Gasteiger charge is 1.83. The van der Waals surface area contributed by atoms with E-state index in [4.69, 9.17) is 11.0 Å². The highest BCUT2D eigenvalue weighted by Crippen LogP contribution is 1.95. The summed E-state index contributed by atoms with van der Waals surface area (Å²) in [5.41, 5.74) is 5.23. The van der Waals surface area contributed by atoms with Gasteiger partial charge in [0.15, 0.2) is 0 Å². The maximum Gasteiger partial charge on any atom is 0.0621 e. The molecule has 0 fully saturated rings. The van der Waals surface area contributed by atoms with Gasteiger partial charge in [0.1, 0.15) is 0 Å². The Morgan fingerprint density at radius 2 is 1.89 bits per heavy atom. The van der Waals surface area contributed by atoms with Crippen LogP contribution in [0.4, 0.5) is 0 Å². The van der Waals surface area contributed by atoms with Gasteiger partial charge in [-0.2, -0.15) is 5.26 Å². The lowest BCUT2D eigenvalue weighted by atomic mass is 10.2. The Kier molecular flexibility index (Phi) is 13.0. The van der Waals surface area contributed by atoms with Crippen molar-refractivity contribution in [2.45, 2.75) is 25.7 Å². The predicted octanol–water partition coefficient (Wildman–Crippen LogP) is 0.204. The van der Waals surface area contributed by atoms with E-state index in [9.17, 15) is 0 Å². The van der Waals surface area contributed by atoms with Crippen LogP contribution >= 0.6 is 0 Å². The molecule has 4 N–H and O–H groups in total. The number of rotatable bonds is 4. The molecule has 0 bridgehead atoms. The van der Waals surface area contributed by atoms with Gasteiger partial charge < -0.3 is 11.2 Å². The van der Waals surface area contributed by atoms with E-state index in [1.54, 1.807) is 0 Å². The molecule has 0 aromatic rings. The minimum absolute atomic E-state index is 0. The van der Waals surface area contributed by atoms with Gasteiger partial charge in [-0.1, -0.05) is 6.42 Å². The molecule has 0 heterocycles. The molecule has 0 saturated heterocycles. The maximum atomic E-state index is 8.08. The summed E-state index contributed by atoms with van der Waals surface area (Å²) in [5.74, 6) is 0. The third kappa shape index (κ3) is 11.2. The van der Waals surface area contributed by atoms with Crippen molar-refractivity contribution in [2.24, 2.45) is 5.73 Å². The van der Waals surface area contributed by atoms with Crippen LogP contribution in [-0.2, 0) is 0 Å². The summed E-state index contributed by atoms with van der Waals surface area (Å²) in [7, 11) is 0. The van der Waals surface area contributed by atoms with E-state index in [1.165, 1.54) is 0 Å². The van der Waals surface area contributed by atoms with Crippen molar-refractivity contribution in [3.8, 4) is 6.07 Å². The first-order valence-corrected chi connectivity index (χ1v) is 2.99. The van der Waals surface area contributed by atoms with Gasteiger partial charge in [0.2, 0.25) is 0 Å². The van der Waals surface area contributed by atoms with Crippen LogP contribution < -0.4 is 5.73 Å². The zero-order chi connectivity index (χ0) is 6.24. The minimum Gasteiger partial charge on any atom is -0.412 e. The van der Waals surface area contributed by atoms with Crippen molar-refractivity contribution in [3.05, 3.63) is 0 Å². The van der Waals surface area contributed by atoms with Crippen LogP contribution in [0.25, 0.3) is 0 Å². The van der Waals surface area contributed by atoms with Gasteiger partial charge in [-0.3, -0.25) is 0 Å². The molecule has 3 heteroatoms.